The topological polar surface area (TPSA) is 33.6 Å². The second-order valence-electron chi connectivity index (χ2n) is 10.0. The van der Waals surface area contributed by atoms with Crippen LogP contribution in [0.1, 0.15) is 46.2 Å². The van der Waals surface area contributed by atoms with E-state index in [1.165, 1.54) is 22.4 Å². The van der Waals surface area contributed by atoms with Gasteiger partial charge in [-0.05, 0) is 90.6 Å². The van der Waals surface area contributed by atoms with Crippen molar-refractivity contribution in [2.75, 3.05) is 5.32 Å². The number of nitrogens with zero attached hydrogens (tertiary/aromatic N) is 1. The van der Waals surface area contributed by atoms with E-state index in [1.54, 1.807) is 6.07 Å². The fraction of sp³-hybridized carbons (Fsp3) is 0.182. The van der Waals surface area contributed by atoms with Crippen molar-refractivity contribution in [1.29, 1.82) is 0 Å². The molecule has 0 spiro atoms. The summed E-state index contributed by atoms with van der Waals surface area (Å²) in [4.78, 5) is 4.69. The van der Waals surface area contributed by atoms with Gasteiger partial charge in [0.05, 0.1) is 11.7 Å². The van der Waals surface area contributed by atoms with Crippen LogP contribution >= 0.6 is 23.2 Å². The summed E-state index contributed by atoms with van der Waals surface area (Å²) in [6, 6.07) is 28.9. The molecule has 1 heterocycles. The SMILES string of the molecule is Cc1ccc2c(c1)[C@@H]1C=CC[C@@H]1[C@H](c1ccc(N=Cc3ccc(OCc4ccc(Cl)cc4Cl)cc3)cc1)N2. The number of ether oxygens (including phenoxy) is 1. The molecule has 5 heteroatoms. The van der Waals surface area contributed by atoms with E-state index < -0.39 is 0 Å². The van der Waals surface area contributed by atoms with Gasteiger partial charge in [0.1, 0.15) is 12.4 Å². The van der Waals surface area contributed by atoms with Crippen LogP contribution in [0.15, 0.2) is 102 Å². The third-order valence-corrected chi connectivity index (χ3v) is 8.01. The van der Waals surface area contributed by atoms with Gasteiger partial charge in [0.2, 0.25) is 0 Å². The van der Waals surface area contributed by atoms with Crippen LogP contribution in [0.5, 0.6) is 5.75 Å². The minimum atomic E-state index is 0.290. The van der Waals surface area contributed by atoms with Gasteiger partial charge in [-0.15, -0.1) is 0 Å². The second-order valence-corrected chi connectivity index (χ2v) is 10.9. The zero-order valence-electron chi connectivity index (χ0n) is 21.1. The molecule has 6 rings (SSSR count). The van der Waals surface area contributed by atoms with Gasteiger partial charge in [0, 0.05) is 33.4 Å². The molecule has 4 aromatic carbocycles. The first-order chi connectivity index (χ1) is 18.5. The number of aliphatic imine (C=N–C) groups is 1. The predicted octanol–water partition coefficient (Wildman–Crippen LogP) is 9.46. The van der Waals surface area contributed by atoms with Crippen LogP contribution in [0.3, 0.4) is 0 Å². The molecular weight excluding hydrogens is 511 g/mol. The van der Waals surface area contributed by atoms with Crippen molar-refractivity contribution in [1.82, 2.24) is 0 Å². The van der Waals surface area contributed by atoms with E-state index >= 15 is 0 Å². The first-order valence-electron chi connectivity index (χ1n) is 12.9. The molecular formula is C33H28Cl2N2O. The summed E-state index contributed by atoms with van der Waals surface area (Å²) in [5, 5.41) is 5.03. The fourth-order valence-corrected chi connectivity index (χ4v) is 5.87. The number of rotatable bonds is 6. The van der Waals surface area contributed by atoms with Crippen LogP contribution in [-0.2, 0) is 6.61 Å². The smallest absolute Gasteiger partial charge is 0.119 e. The van der Waals surface area contributed by atoms with Gasteiger partial charge in [-0.2, -0.15) is 0 Å². The Morgan fingerprint density at radius 2 is 1.76 bits per heavy atom. The summed E-state index contributed by atoms with van der Waals surface area (Å²) in [6.45, 7) is 2.55. The lowest BCUT2D eigenvalue weighted by Crippen LogP contribution is -2.29. The van der Waals surface area contributed by atoms with E-state index in [-0.39, 0.29) is 0 Å². The van der Waals surface area contributed by atoms with Crippen molar-refractivity contribution < 1.29 is 4.74 Å². The molecule has 3 atom stereocenters. The number of nitrogens with one attached hydrogen (secondary N) is 1. The Labute approximate surface area is 233 Å². The maximum Gasteiger partial charge on any atom is 0.119 e. The van der Waals surface area contributed by atoms with Crippen LogP contribution in [0, 0.1) is 12.8 Å². The van der Waals surface area contributed by atoms with Crippen molar-refractivity contribution >= 4 is 40.8 Å². The van der Waals surface area contributed by atoms with Crippen molar-refractivity contribution in [3.05, 3.63) is 135 Å². The quantitative estimate of drug-likeness (QED) is 0.196. The zero-order chi connectivity index (χ0) is 26.1. The van der Waals surface area contributed by atoms with Crippen LogP contribution < -0.4 is 10.1 Å². The predicted molar refractivity (Wildman–Crippen MR) is 158 cm³/mol. The molecule has 0 radical (unpaired) electrons. The van der Waals surface area contributed by atoms with Crippen LogP contribution in [0.4, 0.5) is 11.4 Å². The molecule has 0 saturated carbocycles. The molecule has 2 aliphatic rings. The lowest BCUT2D eigenvalue weighted by atomic mass is 9.76. The van der Waals surface area contributed by atoms with Gasteiger partial charge < -0.3 is 10.1 Å². The highest BCUT2D eigenvalue weighted by Crippen LogP contribution is 2.50. The molecule has 190 valence electrons. The third kappa shape index (κ3) is 5.22. The number of benzene rings is 4. The molecule has 0 saturated heterocycles. The van der Waals surface area contributed by atoms with Gasteiger partial charge in [-0.1, -0.05) is 71.2 Å². The maximum atomic E-state index is 6.24. The minimum absolute atomic E-state index is 0.290. The lowest BCUT2D eigenvalue weighted by molar-refractivity contribution is 0.306. The van der Waals surface area contributed by atoms with E-state index in [2.05, 4.69) is 71.8 Å². The molecule has 3 nitrogen and oxygen atoms in total. The van der Waals surface area contributed by atoms with Crippen LogP contribution in [0.2, 0.25) is 10.0 Å². The largest absolute Gasteiger partial charge is 0.489 e. The molecule has 4 aromatic rings. The summed E-state index contributed by atoms with van der Waals surface area (Å²) in [5.74, 6) is 1.79. The Balaban J connectivity index is 1.10. The van der Waals surface area contributed by atoms with Crippen molar-refractivity contribution in [2.24, 2.45) is 10.9 Å². The van der Waals surface area contributed by atoms with Gasteiger partial charge >= 0.3 is 0 Å². The Hall–Kier alpha value is -3.53. The number of allylic oxidation sites excluding steroid dienone is 2. The average molecular weight is 540 g/mol. The number of anilines is 1. The summed E-state index contributed by atoms with van der Waals surface area (Å²) < 4.78 is 5.88. The fourth-order valence-electron chi connectivity index (χ4n) is 5.41. The highest BCUT2D eigenvalue weighted by atomic mass is 35.5. The summed E-state index contributed by atoms with van der Waals surface area (Å²) in [6.07, 6.45) is 7.70. The Bertz CT molecular complexity index is 1510. The average Bonchev–Trinajstić information content (AvgIpc) is 3.43. The van der Waals surface area contributed by atoms with Crippen molar-refractivity contribution in [2.45, 2.75) is 31.9 Å². The molecule has 1 aliphatic heterocycles. The first-order valence-corrected chi connectivity index (χ1v) is 13.6. The van der Waals surface area contributed by atoms with Gasteiger partial charge in [-0.3, -0.25) is 4.99 Å². The molecule has 0 amide bonds. The molecule has 1 N–H and O–H groups in total. The highest BCUT2D eigenvalue weighted by molar-refractivity contribution is 6.35. The maximum absolute atomic E-state index is 6.24. The summed E-state index contributed by atoms with van der Waals surface area (Å²) in [7, 11) is 0. The van der Waals surface area contributed by atoms with Crippen molar-refractivity contribution in [3.8, 4) is 5.75 Å². The zero-order valence-corrected chi connectivity index (χ0v) is 22.6. The number of hydrogen-bond acceptors (Lipinski definition) is 3. The van der Waals surface area contributed by atoms with Crippen LogP contribution in [0.25, 0.3) is 0 Å². The summed E-state index contributed by atoms with van der Waals surface area (Å²) >= 11 is 12.2. The molecule has 38 heavy (non-hydrogen) atoms. The number of halogens is 2. The molecule has 0 unspecified atom stereocenters. The Morgan fingerprint density at radius 3 is 2.55 bits per heavy atom. The van der Waals surface area contributed by atoms with Crippen molar-refractivity contribution in [3.63, 3.8) is 0 Å². The van der Waals surface area contributed by atoms with Gasteiger partial charge in [-0.25, -0.2) is 0 Å². The van der Waals surface area contributed by atoms with Gasteiger partial charge in [0.25, 0.3) is 0 Å². The minimum Gasteiger partial charge on any atom is -0.489 e. The van der Waals surface area contributed by atoms with E-state index in [0.717, 1.165) is 29.0 Å². The normalized spacial score (nSPS) is 19.7. The molecule has 0 fully saturated rings. The van der Waals surface area contributed by atoms with E-state index in [0.29, 0.717) is 34.5 Å². The van der Waals surface area contributed by atoms with E-state index in [9.17, 15) is 0 Å². The number of hydrogen-bond donors (Lipinski definition) is 1. The van der Waals surface area contributed by atoms with Crippen LogP contribution in [-0.4, -0.2) is 6.21 Å². The number of fused-ring (bicyclic) bond motifs is 3. The summed E-state index contributed by atoms with van der Waals surface area (Å²) in [5.41, 5.74) is 8.12. The number of aryl methyl sites for hydroxylation is 1. The molecule has 0 bridgehead atoms. The Kier molecular flexibility index (Phi) is 6.97. The first kappa shape index (κ1) is 24.8. The molecule has 1 aliphatic carbocycles. The molecule has 0 aromatic heterocycles. The van der Waals surface area contributed by atoms with E-state index in [1.807, 2.05) is 42.6 Å². The third-order valence-electron chi connectivity index (χ3n) is 7.42. The standard InChI is InChI=1S/C33H28Cl2N2O/c1-21-5-16-32-30(17-21)28-3-2-4-29(28)33(37-32)23-9-12-26(13-10-23)36-19-22-6-14-27(15-7-22)38-20-24-8-11-25(34)18-31(24)35/h2-3,5-19,28-29,33,37H,4,20H2,1H3/t28-,29+,33+/m1/s1. The lowest BCUT2D eigenvalue weighted by Gasteiger charge is -2.37. The Morgan fingerprint density at radius 1 is 0.947 bits per heavy atom. The monoisotopic (exact) mass is 538 g/mol. The van der Waals surface area contributed by atoms with Gasteiger partial charge in [0.15, 0.2) is 0 Å². The second kappa shape index (κ2) is 10.7. The highest BCUT2D eigenvalue weighted by Gasteiger charge is 2.37. The van der Waals surface area contributed by atoms with E-state index in [4.69, 9.17) is 27.9 Å².